The second-order valence-electron chi connectivity index (χ2n) is 4.73. The van der Waals surface area contributed by atoms with Gasteiger partial charge in [-0.05, 0) is 31.9 Å². The first-order chi connectivity index (χ1) is 9.31. The number of carbonyl (C=O) groups is 1. The van der Waals surface area contributed by atoms with E-state index in [1.165, 1.54) is 25.7 Å². The van der Waals surface area contributed by atoms with Crippen LogP contribution in [0, 0.1) is 0 Å². The summed E-state index contributed by atoms with van der Waals surface area (Å²) in [6.07, 6.45) is 12.5. The van der Waals surface area contributed by atoms with Crippen molar-refractivity contribution in [2.45, 2.75) is 58.3 Å². The Balaban J connectivity index is 3.10. The first kappa shape index (κ1) is 18.1. The van der Waals surface area contributed by atoms with Crippen LogP contribution in [0.25, 0.3) is 0 Å². The summed E-state index contributed by atoms with van der Waals surface area (Å²) in [5.74, 6) is -0.0294. The smallest absolute Gasteiger partial charge is 0.244 e. The quantitative estimate of drug-likeness (QED) is 0.273. The molecule has 4 heteroatoms. The Hall–Kier alpha value is -0.870. The van der Waals surface area contributed by atoms with Crippen LogP contribution in [0.5, 0.6) is 0 Å². The van der Waals surface area contributed by atoms with Crippen molar-refractivity contribution in [1.82, 2.24) is 10.6 Å². The minimum Gasteiger partial charge on any atom is -0.396 e. The van der Waals surface area contributed by atoms with Gasteiger partial charge in [-0.25, -0.2) is 0 Å². The highest BCUT2D eigenvalue weighted by Crippen LogP contribution is 2.06. The van der Waals surface area contributed by atoms with E-state index in [4.69, 9.17) is 5.11 Å². The predicted octanol–water partition coefficient (Wildman–Crippen LogP) is 2.34. The van der Waals surface area contributed by atoms with Crippen LogP contribution in [0.3, 0.4) is 0 Å². The highest BCUT2D eigenvalue weighted by molar-refractivity contribution is 5.87. The van der Waals surface area contributed by atoms with Crippen molar-refractivity contribution < 1.29 is 9.90 Å². The van der Waals surface area contributed by atoms with Gasteiger partial charge in [0.05, 0.1) is 6.67 Å². The van der Waals surface area contributed by atoms with E-state index in [1.54, 1.807) is 6.08 Å². The van der Waals surface area contributed by atoms with Gasteiger partial charge in [-0.1, -0.05) is 45.1 Å². The number of aliphatic hydroxyl groups is 1. The third kappa shape index (κ3) is 15.1. The Morgan fingerprint density at radius 3 is 2.32 bits per heavy atom. The van der Waals surface area contributed by atoms with E-state index in [9.17, 15) is 4.79 Å². The van der Waals surface area contributed by atoms with Gasteiger partial charge in [-0.2, -0.15) is 0 Å². The van der Waals surface area contributed by atoms with Crippen LogP contribution in [0.15, 0.2) is 12.2 Å². The number of rotatable bonds is 13. The lowest BCUT2D eigenvalue weighted by Gasteiger charge is -2.05. The molecule has 0 rings (SSSR count). The molecule has 0 aliphatic carbocycles. The van der Waals surface area contributed by atoms with Crippen LogP contribution in [0.2, 0.25) is 0 Å². The van der Waals surface area contributed by atoms with Crippen LogP contribution >= 0.6 is 0 Å². The standard InChI is InChI=1S/C15H30N2O2/c1-2-3-11-15(19)17-14-16-12-9-7-5-4-6-8-10-13-18/h3,11,16,18H,2,4-10,12-14H2,1H3,(H,17,19)/b11-3+. The number of allylic oxidation sites excluding steroid dienone is 1. The molecule has 0 aromatic heterocycles. The molecule has 0 aromatic carbocycles. The average Bonchev–Trinajstić information content (AvgIpc) is 2.42. The van der Waals surface area contributed by atoms with Gasteiger partial charge in [-0.3, -0.25) is 10.1 Å². The largest absolute Gasteiger partial charge is 0.396 e. The Kier molecular flexibility index (Phi) is 14.5. The molecule has 0 aliphatic rings. The molecule has 0 radical (unpaired) electrons. The molecule has 0 aromatic rings. The molecule has 112 valence electrons. The molecule has 4 nitrogen and oxygen atoms in total. The summed E-state index contributed by atoms with van der Waals surface area (Å²) in [6.45, 7) is 3.83. The van der Waals surface area contributed by atoms with Crippen LogP contribution in [-0.4, -0.2) is 30.8 Å². The zero-order valence-corrected chi connectivity index (χ0v) is 12.3. The summed E-state index contributed by atoms with van der Waals surface area (Å²) in [7, 11) is 0. The maximum absolute atomic E-state index is 11.2. The first-order valence-electron chi connectivity index (χ1n) is 7.57. The van der Waals surface area contributed by atoms with Crippen LogP contribution in [-0.2, 0) is 4.79 Å². The monoisotopic (exact) mass is 270 g/mol. The number of hydrogen-bond donors (Lipinski definition) is 3. The lowest BCUT2D eigenvalue weighted by atomic mass is 10.1. The van der Waals surface area contributed by atoms with Gasteiger partial charge >= 0.3 is 0 Å². The van der Waals surface area contributed by atoms with E-state index in [0.717, 1.165) is 32.2 Å². The number of aliphatic hydroxyl groups excluding tert-OH is 1. The maximum Gasteiger partial charge on any atom is 0.244 e. The number of nitrogens with one attached hydrogen (secondary N) is 2. The Labute approximate surface area is 117 Å². The molecule has 0 aliphatic heterocycles. The van der Waals surface area contributed by atoms with E-state index >= 15 is 0 Å². The maximum atomic E-state index is 11.2. The number of hydrogen-bond acceptors (Lipinski definition) is 3. The fourth-order valence-electron chi connectivity index (χ4n) is 1.77. The fourth-order valence-corrected chi connectivity index (χ4v) is 1.77. The van der Waals surface area contributed by atoms with Crippen molar-refractivity contribution in [3.05, 3.63) is 12.2 Å². The van der Waals surface area contributed by atoms with E-state index in [-0.39, 0.29) is 5.91 Å². The van der Waals surface area contributed by atoms with Crippen molar-refractivity contribution >= 4 is 5.91 Å². The molecule has 0 atom stereocenters. The summed E-state index contributed by atoms with van der Waals surface area (Å²) in [5, 5.41) is 14.6. The third-order valence-electron chi connectivity index (χ3n) is 2.90. The van der Waals surface area contributed by atoms with Crippen LogP contribution in [0.1, 0.15) is 58.3 Å². The number of carbonyl (C=O) groups excluding carboxylic acids is 1. The molecule has 19 heavy (non-hydrogen) atoms. The van der Waals surface area contributed by atoms with Gasteiger partial charge < -0.3 is 10.4 Å². The van der Waals surface area contributed by atoms with E-state index in [0.29, 0.717) is 13.3 Å². The minimum atomic E-state index is -0.0294. The summed E-state index contributed by atoms with van der Waals surface area (Å²) in [4.78, 5) is 11.2. The topological polar surface area (TPSA) is 61.4 Å². The summed E-state index contributed by atoms with van der Waals surface area (Å²) in [5.41, 5.74) is 0. The second kappa shape index (κ2) is 15.2. The predicted molar refractivity (Wildman–Crippen MR) is 79.8 cm³/mol. The molecule has 1 amide bonds. The Bertz CT molecular complexity index is 230. The molecule has 0 unspecified atom stereocenters. The highest BCUT2D eigenvalue weighted by atomic mass is 16.2. The summed E-state index contributed by atoms with van der Waals surface area (Å²) >= 11 is 0. The fraction of sp³-hybridized carbons (Fsp3) is 0.800. The SMILES string of the molecule is CC/C=C/C(=O)NCNCCCCCCCCCO. The van der Waals surface area contributed by atoms with Crippen molar-refractivity contribution in [3.63, 3.8) is 0 Å². The van der Waals surface area contributed by atoms with Gasteiger partial charge in [0.15, 0.2) is 0 Å². The van der Waals surface area contributed by atoms with E-state index in [2.05, 4.69) is 10.6 Å². The minimum absolute atomic E-state index is 0.0294. The lowest BCUT2D eigenvalue weighted by molar-refractivity contribution is -0.116. The van der Waals surface area contributed by atoms with Gasteiger partial charge in [0.1, 0.15) is 0 Å². The molecule has 0 bridgehead atoms. The second-order valence-corrected chi connectivity index (χ2v) is 4.73. The number of amides is 1. The molecule has 0 saturated carbocycles. The average molecular weight is 270 g/mol. The lowest BCUT2D eigenvalue weighted by Crippen LogP contribution is -2.33. The van der Waals surface area contributed by atoms with Crippen molar-refractivity contribution in [2.24, 2.45) is 0 Å². The third-order valence-corrected chi connectivity index (χ3v) is 2.90. The summed E-state index contributed by atoms with van der Waals surface area (Å²) in [6, 6.07) is 0. The van der Waals surface area contributed by atoms with Crippen molar-refractivity contribution in [3.8, 4) is 0 Å². The molecule has 0 fully saturated rings. The van der Waals surface area contributed by atoms with Crippen LogP contribution in [0.4, 0.5) is 0 Å². The van der Waals surface area contributed by atoms with Gasteiger partial charge in [0, 0.05) is 6.61 Å². The molecule has 3 N–H and O–H groups in total. The molecule has 0 saturated heterocycles. The normalized spacial score (nSPS) is 11.1. The molecular weight excluding hydrogens is 240 g/mol. The van der Waals surface area contributed by atoms with E-state index < -0.39 is 0 Å². The van der Waals surface area contributed by atoms with Crippen molar-refractivity contribution in [1.29, 1.82) is 0 Å². The molecule has 0 spiro atoms. The summed E-state index contributed by atoms with van der Waals surface area (Å²) < 4.78 is 0. The van der Waals surface area contributed by atoms with E-state index in [1.807, 2.05) is 13.0 Å². The van der Waals surface area contributed by atoms with Crippen LogP contribution < -0.4 is 10.6 Å². The number of unbranched alkanes of at least 4 members (excludes halogenated alkanes) is 6. The molecular formula is C15H30N2O2. The van der Waals surface area contributed by atoms with Crippen molar-refractivity contribution in [2.75, 3.05) is 19.8 Å². The zero-order valence-electron chi connectivity index (χ0n) is 12.3. The zero-order chi connectivity index (χ0) is 14.2. The Morgan fingerprint density at radius 1 is 1.05 bits per heavy atom. The van der Waals surface area contributed by atoms with Gasteiger partial charge in [0.2, 0.25) is 5.91 Å². The highest BCUT2D eigenvalue weighted by Gasteiger charge is 1.94. The Morgan fingerprint density at radius 2 is 1.68 bits per heavy atom. The first-order valence-corrected chi connectivity index (χ1v) is 7.57. The molecule has 0 heterocycles. The van der Waals surface area contributed by atoms with Gasteiger partial charge in [0.25, 0.3) is 0 Å². The van der Waals surface area contributed by atoms with Gasteiger partial charge in [-0.15, -0.1) is 0 Å².